The standard InChI is InChI=1S/C11H17N3O4S/c1-8-5-14-11(18-8)6-13-10(15)4-9-7-19(16,17)3-2-12-9/h5,9,12H,2-4,6-7H2,1H3,(H,13,15). The predicted octanol–water partition coefficient (Wildman–Crippen LogP) is -0.624. The number of amides is 1. The average molecular weight is 287 g/mol. The minimum absolute atomic E-state index is 0.0124. The number of aromatic nitrogens is 1. The zero-order valence-corrected chi connectivity index (χ0v) is 11.5. The Bertz CT molecular complexity index is 552. The van der Waals surface area contributed by atoms with Crippen LogP contribution in [0, 0.1) is 6.92 Å². The maximum absolute atomic E-state index is 11.7. The summed E-state index contributed by atoms with van der Waals surface area (Å²) in [6.45, 7) is 2.39. The molecule has 19 heavy (non-hydrogen) atoms. The number of hydrogen-bond acceptors (Lipinski definition) is 6. The minimum Gasteiger partial charge on any atom is -0.444 e. The molecule has 1 aliphatic rings. The highest BCUT2D eigenvalue weighted by Crippen LogP contribution is 2.05. The third-order valence-corrected chi connectivity index (χ3v) is 4.58. The number of aryl methyl sites for hydroxylation is 1. The molecule has 0 radical (unpaired) electrons. The molecule has 1 aromatic heterocycles. The summed E-state index contributed by atoms with van der Waals surface area (Å²) < 4.78 is 28.1. The van der Waals surface area contributed by atoms with Gasteiger partial charge in [-0.05, 0) is 6.92 Å². The van der Waals surface area contributed by atoms with Crippen LogP contribution >= 0.6 is 0 Å². The van der Waals surface area contributed by atoms with Gasteiger partial charge < -0.3 is 15.1 Å². The summed E-state index contributed by atoms with van der Waals surface area (Å²) in [6, 6.07) is -0.315. The molecule has 1 atom stereocenters. The molecule has 8 heteroatoms. The number of sulfone groups is 1. The fourth-order valence-electron chi connectivity index (χ4n) is 1.95. The molecule has 2 heterocycles. The van der Waals surface area contributed by atoms with Gasteiger partial charge in [-0.3, -0.25) is 4.79 Å². The lowest BCUT2D eigenvalue weighted by atomic mass is 10.2. The van der Waals surface area contributed by atoms with E-state index in [1.165, 1.54) is 0 Å². The Kier molecular flexibility index (Phi) is 4.20. The van der Waals surface area contributed by atoms with Crippen molar-refractivity contribution in [3.63, 3.8) is 0 Å². The van der Waals surface area contributed by atoms with Crippen molar-refractivity contribution in [1.82, 2.24) is 15.6 Å². The fraction of sp³-hybridized carbons (Fsp3) is 0.636. The first-order valence-electron chi connectivity index (χ1n) is 6.06. The number of carbonyl (C=O) groups is 1. The molecule has 1 aliphatic heterocycles. The van der Waals surface area contributed by atoms with E-state index in [0.29, 0.717) is 18.2 Å². The molecular weight excluding hydrogens is 270 g/mol. The number of oxazole rings is 1. The number of rotatable bonds is 4. The highest BCUT2D eigenvalue weighted by atomic mass is 32.2. The van der Waals surface area contributed by atoms with Gasteiger partial charge in [-0.1, -0.05) is 0 Å². The van der Waals surface area contributed by atoms with Gasteiger partial charge in [0.2, 0.25) is 11.8 Å². The summed E-state index contributed by atoms with van der Waals surface area (Å²) in [5.41, 5.74) is 0. The van der Waals surface area contributed by atoms with Crippen LogP contribution in [0.2, 0.25) is 0 Å². The summed E-state index contributed by atoms with van der Waals surface area (Å²) in [7, 11) is -3.01. The van der Waals surface area contributed by atoms with E-state index in [9.17, 15) is 13.2 Å². The topological polar surface area (TPSA) is 101 Å². The summed E-state index contributed by atoms with van der Waals surface area (Å²) >= 11 is 0. The van der Waals surface area contributed by atoms with E-state index in [1.807, 2.05) is 0 Å². The van der Waals surface area contributed by atoms with Gasteiger partial charge in [-0.2, -0.15) is 0 Å². The monoisotopic (exact) mass is 287 g/mol. The van der Waals surface area contributed by atoms with Crippen LogP contribution in [0.25, 0.3) is 0 Å². The van der Waals surface area contributed by atoms with Crippen molar-refractivity contribution in [2.75, 3.05) is 18.1 Å². The number of carbonyl (C=O) groups excluding carboxylic acids is 1. The van der Waals surface area contributed by atoms with Gasteiger partial charge in [0.25, 0.3) is 0 Å². The minimum atomic E-state index is -3.01. The smallest absolute Gasteiger partial charge is 0.222 e. The Hall–Kier alpha value is -1.41. The molecular formula is C11H17N3O4S. The molecule has 0 bridgehead atoms. The molecule has 1 saturated heterocycles. The van der Waals surface area contributed by atoms with Crippen LogP contribution in [0.15, 0.2) is 10.6 Å². The van der Waals surface area contributed by atoms with Crippen molar-refractivity contribution in [1.29, 1.82) is 0 Å². The van der Waals surface area contributed by atoms with E-state index >= 15 is 0 Å². The maximum atomic E-state index is 11.7. The van der Waals surface area contributed by atoms with Crippen molar-refractivity contribution in [3.8, 4) is 0 Å². The summed E-state index contributed by atoms with van der Waals surface area (Å²) in [6.07, 6.45) is 1.72. The first-order valence-corrected chi connectivity index (χ1v) is 7.88. The zero-order valence-electron chi connectivity index (χ0n) is 10.7. The van der Waals surface area contributed by atoms with Crippen LogP contribution in [0.1, 0.15) is 18.1 Å². The second-order valence-electron chi connectivity index (χ2n) is 4.61. The Morgan fingerprint density at radius 3 is 3.05 bits per heavy atom. The molecule has 0 saturated carbocycles. The lowest BCUT2D eigenvalue weighted by molar-refractivity contribution is -0.121. The largest absolute Gasteiger partial charge is 0.444 e. The van der Waals surface area contributed by atoms with Gasteiger partial charge in [-0.15, -0.1) is 0 Å². The SMILES string of the molecule is Cc1cnc(CNC(=O)CC2CS(=O)(=O)CCN2)o1. The van der Waals surface area contributed by atoms with E-state index in [0.717, 1.165) is 0 Å². The van der Waals surface area contributed by atoms with Crippen molar-refractivity contribution < 1.29 is 17.6 Å². The predicted molar refractivity (Wildman–Crippen MR) is 68.1 cm³/mol. The number of nitrogens with one attached hydrogen (secondary N) is 2. The molecule has 1 amide bonds. The Labute approximate surface area is 111 Å². The van der Waals surface area contributed by atoms with Gasteiger partial charge in [0.1, 0.15) is 5.76 Å². The van der Waals surface area contributed by atoms with Crippen LogP contribution in [0.3, 0.4) is 0 Å². The first kappa shape index (κ1) is 14.0. The Morgan fingerprint density at radius 1 is 1.63 bits per heavy atom. The van der Waals surface area contributed by atoms with Crippen LogP contribution in [0.5, 0.6) is 0 Å². The van der Waals surface area contributed by atoms with E-state index in [4.69, 9.17) is 4.42 Å². The van der Waals surface area contributed by atoms with Gasteiger partial charge in [0, 0.05) is 19.0 Å². The second-order valence-corrected chi connectivity index (χ2v) is 6.84. The third kappa shape index (κ3) is 4.32. The Balaban J connectivity index is 1.78. The maximum Gasteiger partial charge on any atom is 0.222 e. The van der Waals surface area contributed by atoms with Gasteiger partial charge in [0.15, 0.2) is 9.84 Å². The van der Waals surface area contributed by atoms with E-state index in [-0.39, 0.29) is 36.4 Å². The van der Waals surface area contributed by atoms with Crippen molar-refractivity contribution in [3.05, 3.63) is 17.8 Å². The van der Waals surface area contributed by atoms with Crippen LogP contribution in [0.4, 0.5) is 0 Å². The van der Waals surface area contributed by atoms with Crippen LogP contribution in [-0.2, 0) is 21.2 Å². The highest BCUT2D eigenvalue weighted by Gasteiger charge is 2.25. The van der Waals surface area contributed by atoms with E-state index < -0.39 is 9.84 Å². The van der Waals surface area contributed by atoms with E-state index in [2.05, 4.69) is 15.6 Å². The average Bonchev–Trinajstić information content (AvgIpc) is 2.71. The zero-order chi connectivity index (χ0) is 13.9. The molecule has 0 aliphatic carbocycles. The number of nitrogens with zero attached hydrogens (tertiary/aromatic N) is 1. The van der Waals surface area contributed by atoms with Crippen molar-refractivity contribution >= 4 is 15.7 Å². The normalized spacial score (nSPS) is 22.1. The first-order chi connectivity index (χ1) is 8.94. The molecule has 1 aromatic rings. The quantitative estimate of drug-likeness (QED) is 0.765. The molecule has 7 nitrogen and oxygen atoms in total. The molecule has 2 rings (SSSR count). The van der Waals surface area contributed by atoms with Crippen molar-refractivity contribution in [2.45, 2.75) is 25.9 Å². The lowest BCUT2D eigenvalue weighted by Gasteiger charge is -2.22. The van der Waals surface area contributed by atoms with Gasteiger partial charge >= 0.3 is 0 Å². The molecule has 0 spiro atoms. The van der Waals surface area contributed by atoms with Crippen LogP contribution in [-0.4, -0.2) is 43.4 Å². The van der Waals surface area contributed by atoms with Crippen LogP contribution < -0.4 is 10.6 Å². The third-order valence-electron chi connectivity index (χ3n) is 2.84. The molecule has 1 unspecified atom stereocenters. The molecule has 106 valence electrons. The summed E-state index contributed by atoms with van der Waals surface area (Å²) in [4.78, 5) is 15.7. The Morgan fingerprint density at radius 2 is 2.42 bits per heavy atom. The number of hydrogen-bond donors (Lipinski definition) is 2. The highest BCUT2D eigenvalue weighted by molar-refractivity contribution is 7.91. The molecule has 2 N–H and O–H groups in total. The fourth-order valence-corrected chi connectivity index (χ4v) is 3.40. The summed E-state index contributed by atoms with van der Waals surface area (Å²) in [5, 5.41) is 5.69. The van der Waals surface area contributed by atoms with Gasteiger partial charge in [0.05, 0.1) is 24.2 Å². The molecule has 0 aromatic carbocycles. The lowest BCUT2D eigenvalue weighted by Crippen LogP contribution is -2.47. The summed E-state index contributed by atoms with van der Waals surface area (Å²) in [5.74, 6) is 1.06. The molecule has 1 fully saturated rings. The second kappa shape index (κ2) is 5.70. The van der Waals surface area contributed by atoms with E-state index in [1.54, 1.807) is 13.1 Å². The van der Waals surface area contributed by atoms with Crippen molar-refractivity contribution in [2.24, 2.45) is 0 Å². The van der Waals surface area contributed by atoms with Gasteiger partial charge in [-0.25, -0.2) is 13.4 Å².